The number of likely N-dealkylation sites (tertiary alicyclic amines) is 1. The molecule has 15 heavy (non-hydrogen) atoms. The van der Waals surface area contributed by atoms with Gasteiger partial charge in [-0.25, -0.2) is 4.98 Å². The molecule has 0 unspecified atom stereocenters. The second-order valence-electron chi connectivity index (χ2n) is 3.70. The van der Waals surface area contributed by atoms with Gasteiger partial charge in [-0.3, -0.25) is 4.90 Å². The first-order valence-electron chi connectivity index (χ1n) is 5.28. The zero-order valence-corrected chi connectivity index (χ0v) is 9.57. The molecule has 0 N–H and O–H groups in total. The van der Waals surface area contributed by atoms with Crippen LogP contribution < -0.4 is 4.74 Å². The Bertz CT molecular complexity index is 313. The molecule has 0 bridgehead atoms. The molecule has 2 heterocycles. The molecule has 0 aromatic carbocycles. The van der Waals surface area contributed by atoms with Crippen molar-refractivity contribution in [1.82, 2.24) is 9.88 Å². The number of rotatable bonds is 4. The van der Waals surface area contributed by atoms with E-state index >= 15 is 0 Å². The Morgan fingerprint density at radius 3 is 3.00 bits per heavy atom. The minimum absolute atomic E-state index is 0.501. The number of halogens is 1. The summed E-state index contributed by atoms with van der Waals surface area (Å²) in [7, 11) is 0. The highest BCUT2D eigenvalue weighted by Crippen LogP contribution is 2.18. The predicted octanol–water partition coefficient (Wildman–Crippen LogP) is 2.21. The fourth-order valence-corrected chi connectivity index (χ4v) is 1.85. The molecule has 1 aromatic heterocycles. The predicted molar refractivity (Wildman–Crippen MR) is 60.4 cm³/mol. The summed E-state index contributed by atoms with van der Waals surface area (Å²) in [5, 5.41) is 0.501. The average Bonchev–Trinajstić information content (AvgIpc) is 2.20. The highest BCUT2D eigenvalue weighted by molar-refractivity contribution is 6.29. The normalized spacial score (nSPS) is 21.1. The third-order valence-corrected chi connectivity index (χ3v) is 3.04. The lowest BCUT2D eigenvalue weighted by Gasteiger charge is -2.39. The van der Waals surface area contributed by atoms with E-state index in [9.17, 15) is 0 Å². The van der Waals surface area contributed by atoms with Gasteiger partial charge in [-0.2, -0.15) is 0 Å². The highest BCUT2D eigenvalue weighted by atomic mass is 35.5. The molecule has 3 nitrogen and oxygen atoms in total. The molecule has 0 saturated carbocycles. The maximum atomic E-state index is 5.68. The van der Waals surface area contributed by atoms with E-state index in [4.69, 9.17) is 16.3 Å². The van der Waals surface area contributed by atoms with E-state index in [0.29, 0.717) is 11.2 Å². The third kappa shape index (κ3) is 2.61. The van der Waals surface area contributed by atoms with Gasteiger partial charge >= 0.3 is 0 Å². The van der Waals surface area contributed by atoms with E-state index in [2.05, 4.69) is 16.8 Å². The van der Waals surface area contributed by atoms with Crippen molar-refractivity contribution < 1.29 is 4.74 Å². The number of aromatic nitrogens is 1. The van der Waals surface area contributed by atoms with Crippen LogP contribution in [0.4, 0.5) is 0 Å². The van der Waals surface area contributed by atoms with Crippen molar-refractivity contribution in [2.75, 3.05) is 19.7 Å². The first-order chi connectivity index (χ1) is 7.29. The van der Waals surface area contributed by atoms with E-state index in [-0.39, 0.29) is 0 Å². The van der Waals surface area contributed by atoms with Gasteiger partial charge in [-0.15, -0.1) is 0 Å². The van der Waals surface area contributed by atoms with Crippen LogP contribution in [0.1, 0.15) is 13.3 Å². The van der Waals surface area contributed by atoms with Crippen LogP contribution in [-0.4, -0.2) is 35.6 Å². The smallest absolute Gasteiger partial charge is 0.137 e. The Morgan fingerprint density at radius 1 is 1.60 bits per heavy atom. The van der Waals surface area contributed by atoms with Crippen LogP contribution in [0, 0.1) is 0 Å². The molecule has 0 amide bonds. The van der Waals surface area contributed by atoms with E-state index in [0.717, 1.165) is 18.9 Å². The Labute approximate surface area is 95.0 Å². The molecule has 1 aliphatic rings. The molecular formula is C11H15ClN2O. The lowest BCUT2D eigenvalue weighted by molar-refractivity contribution is 0.0560. The largest absolute Gasteiger partial charge is 0.490 e. The molecule has 0 spiro atoms. The van der Waals surface area contributed by atoms with Crippen LogP contribution in [0.2, 0.25) is 5.15 Å². The van der Waals surface area contributed by atoms with Gasteiger partial charge in [0.1, 0.15) is 17.5 Å². The molecule has 0 radical (unpaired) electrons. The number of ether oxygens (including phenoxy) is 1. The van der Waals surface area contributed by atoms with Gasteiger partial charge in [-0.05, 0) is 25.1 Å². The van der Waals surface area contributed by atoms with E-state index in [1.54, 1.807) is 12.3 Å². The zero-order chi connectivity index (χ0) is 10.7. The summed E-state index contributed by atoms with van der Waals surface area (Å²) in [5.41, 5.74) is 0. The monoisotopic (exact) mass is 226 g/mol. The number of hydrogen-bond acceptors (Lipinski definition) is 3. The Hall–Kier alpha value is -0.800. The van der Waals surface area contributed by atoms with Crippen molar-refractivity contribution in [3.8, 4) is 5.75 Å². The third-order valence-electron chi connectivity index (χ3n) is 2.81. The van der Waals surface area contributed by atoms with Crippen LogP contribution in [0.3, 0.4) is 0 Å². The molecule has 82 valence electrons. The van der Waals surface area contributed by atoms with Gasteiger partial charge in [0.05, 0.1) is 6.20 Å². The first kappa shape index (κ1) is 10.7. The summed E-state index contributed by atoms with van der Waals surface area (Å²) in [6.07, 6.45) is 2.89. The molecular weight excluding hydrogens is 212 g/mol. The lowest BCUT2D eigenvalue weighted by Crippen LogP contribution is -2.50. The SMILES string of the molecule is CCN1CC[C@@H]1COc1ccc(Cl)nc1. The van der Waals surface area contributed by atoms with Crippen molar-refractivity contribution >= 4 is 11.6 Å². The fourth-order valence-electron chi connectivity index (χ4n) is 1.74. The van der Waals surface area contributed by atoms with Gasteiger partial charge < -0.3 is 4.74 Å². The summed E-state index contributed by atoms with van der Waals surface area (Å²) in [6.45, 7) is 5.23. The van der Waals surface area contributed by atoms with Crippen molar-refractivity contribution in [3.63, 3.8) is 0 Å². The molecule has 1 saturated heterocycles. The number of hydrogen-bond donors (Lipinski definition) is 0. The maximum Gasteiger partial charge on any atom is 0.137 e. The van der Waals surface area contributed by atoms with Gasteiger partial charge in [-0.1, -0.05) is 18.5 Å². The molecule has 1 atom stereocenters. The topological polar surface area (TPSA) is 25.4 Å². The Balaban J connectivity index is 1.80. The summed E-state index contributed by atoms with van der Waals surface area (Å²) in [5.74, 6) is 0.794. The van der Waals surface area contributed by atoms with Crippen molar-refractivity contribution in [2.45, 2.75) is 19.4 Å². The lowest BCUT2D eigenvalue weighted by atomic mass is 10.1. The van der Waals surface area contributed by atoms with Crippen molar-refractivity contribution in [1.29, 1.82) is 0 Å². The summed E-state index contributed by atoms with van der Waals surface area (Å²) < 4.78 is 5.63. The number of pyridine rings is 1. The van der Waals surface area contributed by atoms with Gasteiger partial charge in [0, 0.05) is 12.6 Å². The number of nitrogens with zero attached hydrogens (tertiary/aromatic N) is 2. The molecule has 4 heteroatoms. The van der Waals surface area contributed by atoms with Crippen LogP contribution in [-0.2, 0) is 0 Å². The fraction of sp³-hybridized carbons (Fsp3) is 0.545. The van der Waals surface area contributed by atoms with Gasteiger partial charge in [0.15, 0.2) is 0 Å². The van der Waals surface area contributed by atoms with E-state index < -0.39 is 0 Å². The second-order valence-corrected chi connectivity index (χ2v) is 4.09. The molecule has 1 aliphatic heterocycles. The summed E-state index contributed by atoms with van der Waals surface area (Å²) in [6, 6.07) is 4.17. The van der Waals surface area contributed by atoms with Crippen LogP contribution in [0.15, 0.2) is 18.3 Å². The zero-order valence-electron chi connectivity index (χ0n) is 8.82. The minimum Gasteiger partial charge on any atom is -0.490 e. The van der Waals surface area contributed by atoms with Crippen molar-refractivity contribution in [3.05, 3.63) is 23.5 Å². The van der Waals surface area contributed by atoms with E-state index in [1.807, 2.05) is 6.07 Å². The molecule has 2 rings (SSSR count). The Morgan fingerprint density at radius 2 is 2.47 bits per heavy atom. The van der Waals surface area contributed by atoms with Crippen molar-refractivity contribution in [2.24, 2.45) is 0 Å². The second kappa shape index (κ2) is 4.81. The number of likely N-dealkylation sites (N-methyl/N-ethyl adjacent to an activating group) is 1. The average molecular weight is 227 g/mol. The molecule has 1 fully saturated rings. The van der Waals surface area contributed by atoms with Gasteiger partial charge in [0.25, 0.3) is 0 Å². The van der Waals surface area contributed by atoms with Gasteiger partial charge in [0.2, 0.25) is 0 Å². The standard InChI is InChI=1S/C11H15ClN2O/c1-2-14-6-5-9(14)8-15-10-3-4-11(12)13-7-10/h3-4,7,9H,2,5-6,8H2,1H3/t9-/m1/s1. The molecule has 0 aliphatic carbocycles. The van der Waals surface area contributed by atoms with Crippen LogP contribution in [0.5, 0.6) is 5.75 Å². The summed E-state index contributed by atoms with van der Waals surface area (Å²) in [4.78, 5) is 6.37. The molecule has 1 aromatic rings. The minimum atomic E-state index is 0.501. The van der Waals surface area contributed by atoms with Crippen LogP contribution in [0.25, 0.3) is 0 Å². The Kier molecular flexibility index (Phi) is 3.44. The first-order valence-corrected chi connectivity index (χ1v) is 5.66. The van der Waals surface area contributed by atoms with E-state index in [1.165, 1.54) is 13.0 Å². The summed E-state index contributed by atoms with van der Waals surface area (Å²) >= 11 is 5.68. The quantitative estimate of drug-likeness (QED) is 0.737. The maximum absolute atomic E-state index is 5.68. The highest BCUT2D eigenvalue weighted by Gasteiger charge is 2.26. The van der Waals surface area contributed by atoms with Crippen LogP contribution >= 0.6 is 11.6 Å².